The molecular weight excluding hydrogens is 400 g/mol. The quantitative estimate of drug-likeness (QED) is 0.493. The van der Waals surface area contributed by atoms with Crippen LogP contribution in [0.25, 0.3) is 0 Å². The summed E-state index contributed by atoms with van der Waals surface area (Å²) in [6.07, 6.45) is 13.1. The van der Waals surface area contributed by atoms with Crippen LogP contribution in [0, 0.1) is 59.2 Å². The number of Topliss-reactive ketones (excluding diaryl/α,β-unsaturated/α-hetero) is 1. The molecule has 5 saturated carbocycles. The Labute approximate surface area is 172 Å². The first-order chi connectivity index (χ1) is 13.1. The zero-order chi connectivity index (χ0) is 18.6. The molecular formula is C24H33BrO2. The van der Waals surface area contributed by atoms with E-state index in [1.165, 1.54) is 51.4 Å². The molecule has 5 aliphatic rings. The van der Waals surface area contributed by atoms with Crippen LogP contribution in [-0.4, -0.2) is 21.8 Å². The van der Waals surface area contributed by atoms with Crippen LogP contribution in [0.2, 0.25) is 0 Å². The van der Waals surface area contributed by atoms with Gasteiger partial charge >= 0.3 is 0 Å². The van der Waals surface area contributed by atoms with Gasteiger partial charge in [-0.15, -0.1) is 0 Å². The van der Waals surface area contributed by atoms with Crippen molar-refractivity contribution in [2.75, 3.05) is 5.33 Å². The highest BCUT2D eigenvalue weighted by Crippen LogP contribution is 2.60. The molecule has 8 atom stereocenters. The lowest BCUT2D eigenvalue weighted by molar-refractivity contribution is -0.123. The molecule has 0 bridgehead atoms. The first kappa shape index (κ1) is 18.7. The summed E-state index contributed by atoms with van der Waals surface area (Å²) in [4.78, 5) is 12.4. The van der Waals surface area contributed by atoms with Gasteiger partial charge in [0.25, 0.3) is 0 Å². The van der Waals surface area contributed by atoms with Crippen molar-refractivity contribution in [3.05, 3.63) is 0 Å². The Balaban J connectivity index is 1.28. The van der Waals surface area contributed by atoms with Crippen molar-refractivity contribution in [3.8, 4) is 11.8 Å². The van der Waals surface area contributed by atoms with Crippen LogP contribution in [0.1, 0.15) is 70.6 Å². The van der Waals surface area contributed by atoms with Crippen molar-refractivity contribution in [1.29, 1.82) is 0 Å². The minimum absolute atomic E-state index is 0.335. The highest BCUT2D eigenvalue weighted by molar-refractivity contribution is 9.09. The van der Waals surface area contributed by atoms with Crippen molar-refractivity contribution in [3.63, 3.8) is 0 Å². The van der Waals surface area contributed by atoms with Crippen molar-refractivity contribution < 1.29 is 9.90 Å². The summed E-state index contributed by atoms with van der Waals surface area (Å²) >= 11 is 3.41. The fraction of sp³-hybridized carbons (Fsp3) is 0.875. The molecule has 0 amide bonds. The second-order valence-corrected chi connectivity index (χ2v) is 10.9. The van der Waals surface area contributed by atoms with Crippen molar-refractivity contribution in [1.82, 2.24) is 0 Å². The maximum Gasteiger partial charge on any atom is 0.146 e. The van der Waals surface area contributed by atoms with Gasteiger partial charge in [-0.1, -0.05) is 27.8 Å². The third-order valence-electron chi connectivity index (χ3n) is 8.96. The zero-order valence-electron chi connectivity index (χ0n) is 16.3. The Morgan fingerprint density at radius 3 is 2.33 bits per heavy atom. The van der Waals surface area contributed by atoms with E-state index in [1.54, 1.807) is 0 Å². The first-order valence-electron chi connectivity index (χ1n) is 11.4. The number of halogens is 1. The standard InChI is InChI=1S/C24H33BrO2/c25-14-23(26)22-8-7-20-19-4-3-16-13-24(27,11-9-15-1-2-15)12-10-17(16)18(19)5-6-21(20)22/h15-22,27H,1-8,10,12-14H2/t16-,17+,18-,19-,20+,21+,22+,24+/m1/s1. The molecule has 5 fully saturated rings. The van der Waals surface area contributed by atoms with Crippen LogP contribution in [0.15, 0.2) is 0 Å². The van der Waals surface area contributed by atoms with Gasteiger partial charge in [0.05, 0.1) is 5.33 Å². The van der Waals surface area contributed by atoms with E-state index in [0.717, 1.165) is 42.9 Å². The van der Waals surface area contributed by atoms with Gasteiger partial charge in [-0.05, 0) is 106 Å². The first-order valence-corrected chi connectivity index (χ1v) is 12.5. The van der Waals surface area contributed by atoms with Crippen molar-refractivity contribution in [2.24, 2.45) is 47.3 Å². The molecule has 5 aliphatic carbocycles. The number of alkyl halides is 1. The fourth-order valence-corrected chi connectivity index (χ4v) is 8.03. The molecule has 0 aromatic heterocycles. The van der Waals surface area contributed by atoms with E-state index in [4.69, 9.17) is 0 Å². The molecule has 0 aromatic rings. The van der Waals surface area contributed by atoms with Crippen LogP contribution in [0.3, 0.4) is 0 Å². The van der Waals surface area contributed by atoms with Crippen LogP contribution in [-0.2, 0) is 4.79 Å². The number of hydrogen-bond donors (Lipinski definition) is 1. The molecule has 3 heteroatoms. The maximum absolute atomic E-state index is 12.4. The number of carbonyl (C=O) groups excluding carboxylic acids is 1. The van der Waals surface area contributed by atoms with Gasteiger partial charge < -0.3 is 5.11 Å². The van der Waals surface area contributed by atoms with Crippen LogP contribution in [0.5, 0.6) is 0 Å². The number of rotatable bonds is 2. The van der Waals surface area contributed by atoms with E-state index < -0.39 is 5.60 Å². The summed E-state index contributed by atoms with van der Waals surface area (Å²) in [6, 6.07) is 0. The average molecular weight is 433 g/mol. The zero-order valence-corrected chi connectivity index (χ0v) is 17.9. The summed E-state index contributed by atoms with van der Waals surface area (Å²) in [5.41, 5.74) is -0.700. The molecule has 0 spiro atoms. The molecule has 2 nitrogen and oxygen atoms in total. The topological polar surface area (TPSA) is 37.3 Å². The Morgan fingerprint density at radius 1 is 0.889 bits per heavy atom. The SMILES string of the molecule is O=C(CBr)[C@H]1CC[C@H]2[C@@H]3CC[C@@H]4C[C@](O)(C#CC5CC5)CC[C@@H]4[C@H]3CC[C@@H]21. The van der Waals surface area contributed by atoms with Gasteiger partial charge in [-0.25, -0.2) is 0 Å². The molecule has 1 N–H and O–H groups in total. The number of fused-ring (bicyclic) bond motifs is 5. The van der Waals surface area contributed by atoms with E-state index in [0.29, 0.717) is 34.8 Å². The normalized spacial score (nSPS) is 48.6. The highest BCUT2D eigenvalue weighted by Gasteiger charge is 2.53. The molecule has 27 heavy (non-hydrogen) atoms. The average Bonchev–Trinajstić information content (AvgIpc) is 3.42. The lowest BCUT2D eigenvalue weighted by atomic mass is 9.52. The Kier molecular flexibility index (Phi) is 4.96. The molecule has 5 rings (SSSR count). The second-order valence-electron chi connectivity index (χ2n) is 10.3. The number of hydrogen-bond acceptors (Lipinski definition) is 2. The smallest absolute Gasteiger partial charge is 0.146 e. The Morgan fingerprint density at radius 2 is 1.56 bits per heavy atom. The largest absolute Gasteiger partial charge is 0.378 e. The number of carbonyl (C=O) groups is 1. The monoisotopic (exact) mass is 432 g/mol. The van der Waals surface area contributed by atoms with Gasteiger partial charge in [0.1, 0.15) is 11.4 Å². The summed E-state index contributed by atoms with van der Waals surface area (Å²) in [5, 5.41) is 11.6. The maximum atomic E-state index is 12.4. The lowest BCUT2D eigenvalue weighted by Crippen LogP contribution is -2.48. The van der Waals surface area contributed by atoms with E-state index in [-0.39, 0.29) is 0 Å². The van der Waals surface area contributed by atoms with Gasteiger partial charge in [0, 0.05) is 11.8 Å². The van der Waals surface area contributed by atoms with Gasteiger partial charge in [0.2, 0.25) is 0 Å². The third-order valence-corrected chi connectivity index (χ3v) is 9.51. The Bertz CT molecular complexity index is 659. The van der Waals surface area contributed by atoms with Crippen molar-refractivity contribution in [2.45, 2.75) is 76.2 Å². The predicted octanol–water partition coefficient (Wildman–Crippen LogP) is 4.97. The van der Waals surface area contributed by atoms with E-state index in [1.807, 2.05) is 0 Å². The minimum atomic E-state index is -0.700. The number of ketones is 1. The minimum Gasteiger partial charge on any atom is -0.378 e. The van der Waals surface area contributed by atoms with E-state index in [2.05, 4.69) is 27.8 Å². The molecule has 0 radical (unpaired) electrons. The van der Waals surface area contributed by atoms with Crippen molar-refractivity contribution >= 4 is 21.7 Å². The van der Waals surface area contributed by atoms with Crippen LogP contribution < -0.4 is 0 Å². The van der Waals surface area contributed by atoms with E-state index in [9.17, 15) is 9.90 Å². The van der Waals surface area contributed by atoms with Crippen LogP contribution in [0.4, 0.5) is 0 Å². The molecule has 148 valence electrons. The van der Waals surface area contributed by atoms with Crippen LogP contribution >= 0.6 is 15.9 Å². The molecule has 0 aromatic carbocycles. The van der Waals surface area contributed by atoms with Gasteiger partial charge in [-0.2, -0.15) is 0 Å². The highest BCUT2D eigenvalue weighted by atomic mass is 79.9. The molecule has 0 saturated heterocycles. The van der Waals surface area contributed by atoms with Gasteiger partial charge in [0.15, 0.2) is 0 Å². The molecule has 0 aliphatic heterocycles. The summed E-state index contributed by atoms with van der Waals surface area (Å²) < 4.78 is 0. The summed E-state index contributed by atoms with van der Waals surface area (Å²) in [7, 11) is 0. The summed E-state index contributed by atoms with van der Waals surface area (Å²) in [6.45, 7) is 0. The number of aliphatic hydroxyl groups is 1. The summed E-state index contributed by atoms with van der Waals surface area (Å²) in [5.74, 6) is 12.6. The lowest BCUT2D eigenvalue weighted by Gasteiger charge is -2.53. The van der Waals surface area contributed by atoms with Gasteiger partial charge in [-0.3, -0.25) is 4.79 Å². The Hall–Kier alpha value is -0.330. The predicted molar refractivity (Wildman–Crippen MR) is 110 cm³/mol. The second kappa shape index (κ2) is 7.17. The third kappa shape index (κ3) is 3.44. The molecule has 0 heterocycles. The fourth-order valence-electron chi connectivity index (χ4n) is 7.61. The molecule has 0 unspecified atom stereocenters. The van der Waals surface area contributed by atoms with E-state index >= 15 is 0 Å².